The van der Waals surface area contributed by atoms with Gasteiger partial charge in [0.15, 0.2) is 0 Å². The second kappa shape index (κ2) is 4.14. The van der Waals surface area contributed by atoms with Gasteiger partial charge in [-0.25, -0.2) is 0 Å². The van der Waals surface area contributed by atoms with Gasteiger partial charge in [-0.05, 0) is 6.42 Å². The molecule has 0 saturated heterocycles. The topological polar surface area (TPSA) is 23.8 Å². The predicted octanol–water partition coefficient (Wildman–Crippen LogP) is 2.07. The maximum absolute atomic E-state index is 8.04. The van der Waals surface area contributed by atoms with Crippen LogP contribution in [0.3, 0.4) is 0 Å². The van der Waals surface area contributed by atoms with Crippen molar-refractivity contribution in [3.05, 3.63) is 0 Å². The second-order valence-electron chi connectivity index (χ2n) is 1.48. The Morgan fingerprint density at radius 1 is 1.86 bits per heavy atom. The Morgan fingerprint density at radius 2 is 2.43 bits per heavy atom. The number of rotatable bonds is 2. The van der Waals surface area contributed by atoms with E-state index in [2.05, 4.69) is 22.0 Å². The first-order valence-corrected chi connectivity index (χ1v) is 3.20. The van der Waals surface area contributed by atoms with Crippen molar-refractivity contribution < 1.29 is 0 Å². The molecule has 0 fully saturated rings. The molecule has 40 valence electrons. The van der Waals surface area contributed by atoms with Gasteiger partial charge in [0.05, 0.1) is 6.07 Å². The zero-order valence-corrected chi connectivity index (χ0v) is 5.90. The Kier molecular flexibility index (Phi) is 4.12. The van der Waals surface area contributed by atoms with E-state index in [9.17, 15) is 0 Å². The fourth-order valence-corrected chi connectivity index (χ4v) is 0.492. The summed E-state index contributed by atoms with van der Waals surface area (Å²) < 4.78 is 0. The van der Waals surface area contributed by atoms with Crippen molar-refractivity contribution >= 4 is 15.9 Å². The van der Waals surface area contributed by atoms with Crippen LogP contribution in [-0.2, 0) is 0 Å². The maximum atomic E-state index is 8.04. The van der Waals surface area contributed by atoms with Gasteiger partial charge < -0.3 is 0 Å². The summed E-state index contributed by atoms with van der Waals surface area (Å²) in [6.07, 6.45) is 1.61. The van der Waals surface area contributed by atoms with Gasteiger partial charge in [-0.3, -0.25) is 0 Å². The Hall–Kier alpha value is -0.0300. The largest absolute Gasteiger partial charge is 0.198 e. The zero-order valence-electron chi connectivity index (χ0n) is 4.32. The highest BCUT2D eigenvalue weighted by Gasteiger charge is 1.90. The van der Waals surface area contributed by atoms with E-state index >= 15 is 0 Å². The lowest BCUT2D eigenvalue weighted by Gasteiger charge is -1.92. The van der Waals surface area contributed by atoms with E-state index in [1.54, 1.807) is 0 Å². The van der Waals surface area contributed by atoms with E-state index in [0.29, 0.717) is 11.2 Å². The molecular formula is C5H8BrN. The van der Waals surface area contributed by atoms with Crippen molar-refractivity contribution in [1.82, 2.24) is 0 Å². The Morgan fingerprint density at radius 3 is 2.57 bits per heavy atom. The third kappa shape index (κ3) is 5.97. The Bertz CT molecular complexity index is 72.6. The fourth-order valence-electron chi connectivity index (χ4n) is 0.263. The van der Waals surface area contributed by atoms with Gasteiger partial charge in [0.2, 0.25) is 0 Å². The quantitative estimate of drug-likeness (QED) is 0.570. The number of hydrogen-bond acceptors (Lipinski definition) is 1. The molecule has 0 bridgehead atoms. The third-order valence-electron chi connectivity index (χ3n) is 0.654. The van der Waals surface area contributed by atoms with Gasteiger partial charge in [0.25, 0.3) is 0 Å². The van der Waals surface area contributed by atoms with Crippen molar-refractivity contribution in [3.8, 4) is 6.07 Å². The van der Waals surface area contributed by atoms with E-state index in [1.165, 1.54) is 0 Å². The van der Waals surface area contributed by atoms with Crippen molar-refractivity contribution in [2.45, 2.75) is 24.6 Å². The minimum Gasteiger partial charge on any atom is -0.198 e. The lowest BCUT2D eigenvalue weighted by molar-refractivity contribution is 0.851. The van der Waals surface area contributed by atoms with E-state index in [4.69, 9.17) is 5.26 Å². The molecule has 0 aliphatic carbocycles. The normalized spacial score (nSPS) is 12.7. The summed E-state index contributed by atoms with van der Waals surface area (Å²) in [5.41, 5.74) is 0. The van der Waals surface area contributed by atoms with Crippen LogP contribution >= 0.6 is 15.9 Å². The van der Waals surface area contributed by atoms with Crippen LogP contribution in [0, 0.1) is 11.3 Å². The van der Waals surface area contributed by atoms with Crippen molar-refractivity contribution in [2.24, 2.45) is 0 Å². The maximum Gasteiger partial charge on any atom is 0.0622 e. The molecule has 0 rings (SSSR count). The van der Waals surface area contributed by atoms with Crippen LogP contribution in [0.1, 0.15) is 19.8 Å². The number of nitrogens with zero attached hydrogens (tertiary/aromatic N) is 1. The molecule has 0 saturated carbocycles. The molecule has 2 heteroatoms. The predicted molar refractivity (Wildman–Crippen MR) is 33.2 cm³/mol. The first-order valence-electron chi connectivity index (χ1n) is 2.28. The van der Waals surface area contributed by atoms with E-state index in [0.717, 1.165) is 6.42 Å². The first kappa shape index (κ1) is 6.97. The van der Waals surface area contributed by atoms with Crippen LogP contribution in [0.15, 0.2) is 0 Å². The average molecular weight is 162 g/mol. The van der Waals surface area contributed by atoms with Gasteiger partial charge in [-0.2, -0.15) is 5.26 Å². The first-order chi connectivity index (χ1) is 3.27. The standard InChI is InChI=1S/C5H8BrN/c1-5(6)3-2-4-7/h5H,2-3H2,1H3. The summed E-state index contributed by atoms with van der Waals surface area (Å²) in [6.45, 7) is 2.04. The average Bonchev–Trinajstić information content (AvgIpc) is 1.61. The van der Waals surface area contributed by atoms with Crippen LogP contribution < -0.4 is 0 Å². The van der Waals surface area contributed by atoms with Crippen LogP contribution in [0.5, 0.6) is 0 Å². The molecule has 0 amide bonds. The lowest BCUT2D eigenvalue weighted by Crippen LogP contribution is -1.85. The molecule has 0 aliphatic rings. The second-order valence-corrected chi connectivity index (χ2v) is 3.04. The number of halogens is 1. The summed E-state index contributed by atoms with van der Waals surface area (Å²) in [7, 11) is 0. The van der Waals surface area contributed by atoms with Gasteiger partial charge in [0.1, 0.15) is 0 Å². The summed E-state index contributed by atoms with van der Waals surface area (Å²) >= 11 is 3.32. The molecule has 0 aromatic carbocycles. The highest BCUT2D eigenvalue weighted by Crippen LogP contribution is 2.04. The molecule has 7 heavy (non-hydrogen) atoms. The number of nitriles is 1. The van der Waals surface area contributed by atoms with Crippen molar-refractivity contribution in [2.75, 3.05) is 0 Å². The zero-order chi connectivity index (χ0) is 5.70. The Balaban J connectivity index is 2.86. The molecule has 0 aromatic rings. The number of hydrogen-bond donors (Lipinski definition) is 0. The van der Waals surface area contributed by atoms with Crippen LogP contribution in [0.2, 0.25) is 0 Å². The smallest absolute Gasteiger partial charge is 0.0622 e. The molecule has 0 heterocycles. The van der Waals surface area contributed by atoms with E-state index < -0.39 is 0 Å². The monoisotopic (exact) mass is 161 g/mol. The molecule has 0 aromatic heterocycles. The SMILES string of the molecule is CC(Br)CCC#N. The van der Waals surface area contributed by atoms with Crippen molar-refractivity contribution in [3.63, 3.8) is 0 Å². The minimum absolute atomic E-state index is 0.493. The summed E-state index contributed by atoms with van der Waals surface area (Å²) in [4.78, 5) is 0.493. The van der Waals surface area contributed by atoms with Gasteiger partial charge >= 0.3 is 0 Å². The molecule has 1 atom stereocenters. The summed E-state index contributed by atoms with van der Waals surface area (Å²) in [5.74, 6) is 0. The molecule has 0 N–H and O–H groups in total. The molecular weight excluding hydrogens is 154 g/mol. The molecule has 0 radical (unpaired) electrons. The van der Waals surface area contributed by atoms with Crippen LogP contribution in [-0.4, -0.2) is 4.83 Å². The Labute approximate surface area is 52.5 Å². The fraction of sp³-hybridized carbons (Fsp3) is 0.800. The van der Waals surface area contributed by atoms with Crippen molar-refractivity contribution in [1.29, 1.82) is 5.26 Å². The number of alkyl halides is 1. The molecule has 1 unspecified atom stereocenters. The molecule has 0 spiro atoms. The lowest BCUT2D eigenvalue weighted by atomic mass is 10.3. The van der Waals surface area contributed by atoms with Gasteiger partial charge in [-0.1, -0.05) is 22.9 Å². The summed E-state index contributed by atoms with van der Waals surface area (Å²) in [5, 5.41) is 8.04. The van der Waals surface area contributed by atoms with Crippen LogP contribution in [0.25, 0.3) is 0 Å². The highest BCUT2D eigenvalue weighted by molar-refractivity contribution is 9.09. The van der Waals surface area contributed by atoms with E-state index in [1.807, 2.05) is 6.92 Å². The van der Waals surface area contributed by atoms with Crippen LogP contribution in [0.4, 0.5) is 0 Å². The van der Waals surface area contributed by atoms with Gasteiger partial charge in [-0.15, -0.1) is 0 Å². The molecule has 0 aliphatic heterocycles. The van der Waals surface area contributed by atoms with Gasteiger partial charge in [0, 0.05) is 11.2 Å². The third-order valence-corrected chi connectivity index (χ3v) is 1.11. The highest BCUT2D eigenvalue weighted by atomic mass is 79.9. The molecule has 1 nitrogen and oxygen atoms in total. The summed E-state index contributed by atoms with van der Waals surface area (Å²) in [6, 6.07) is 2.07. The van der Waals surface area contributed by atoms with E-state index in [-0.39, 0.29) is 0 Å². The minimum atomic E-state index is 0.493.